The van der Waals surface area contributed by atoms with Crippen molar-refractivity contribution in [2.24, 2.45) is 5.92 Å². The van der Waals surface area contributed by atoms with Gasteiger partial charge in [-0.1, -0.05) is 25.1 Å². The fraction of sp³-hybridized carbons (Fsp3) is 0.586. The summed E-state index contributed by atoms with van der Waals surface area (Å²) in [6.07, 6.45) is -0.130. The van der Waals surface area contributed by atoms with Crippen LogP contribution in [0.2, 0.25) is 0 Å². The Labute approximate surface area is 249 Å². The number of rotatable bonds is 16. The molecule has 1 unspecified atom stereocenters. The lowest BCUT2D eigenvalue weighted by molar-refractivity contribution is -0.0785. The van der Waals surface area contributed by atoms with Gasteiger partial charge in [0.05, 0.1) is 25.9 Å². The molecular formula is C29H42N5O7P. The fourth-order valence-electron chi connectivity index (χ4n) is 4.67. The van der Waals surface area contributed by atoms with Crippen LogP contribution in [0.15, 0.2) is 47.4 Å². The second-order valence-corrected chi connectivity index (χ2v) is 11.8. The number of ether oxygens (including phenoxy) is 3. The zero-order chi connectivity index (χ0) is 30.6. The maximum atomic E-state index is 13.1. The Hall–Kier alpha value is -2.75. The SMILES string of the molecule is [C-]#[N+]CCOP(OC[C@H]1O[C@@H](n2ccc(NC(=O)c3ccccc3)nc2=O)[C@H](OCCOC)[C@@H]1C)N(C(C)C)C(C)C. The molecule has 0 aliphatic carbocycles. The fourth-order valence-corrected chi connectivity index (χ4v) is 6.28. The van der Waals surface area contributed by atoms with Crippen molar-refractivity contribution < 1.29 is 28.1 Å². The Morgan fingerprint density at radius 1 is 1.14 bits per heavy atom. The average molecular weight is 604 g/mol. The molecule has 42 heavy (non-hydrogen) atoms. The summed E-state index contributed by atoms with van der Waals surface area (Å²) in [5.74, 6) is -0.378. The van der Waals surface area contributed by atoms with Crippen molar-refractivity contribution in [2.45, 2.75) is 65.1 Å². The summed E-state index contributed by atoms with van der Waals surface area (Å²) in [5.41, 5.74) is -0.132. The quantitative estimate of drug-likeness (QED) is 0.170. The molecular weight excluding hydrogens is 561 g/mol. The van der Waals surface area contributed by atoms with Crippen molar-refractivity contribution in [1.29, 1.82) is 0 Å². The lowest BCUT2D eigenvalue weighted by atomic mass is 10.0. The summed E-state index contributed by atoms with van der Waals surface area (Å²) in [6, 6.07) is 10.6. The van der Waals surface area contributed by atoms with Gasteiger partial charge in [0.1, 0.15) is 18.5 Å². The Kier molecular flexibility index (Phi) is 13.5. The zero-order valence-corrected chi connectivity index (χ0v) is 26.0. The number of nitrogens with one attached hydrogen (secondary N) is 1. The zero-order valence-electron chi connectivity index (χ0n) is 25.1. The number of carbonyl (C=O) groups excluding carboxylic acids is 1. The molecule has 5 atom stereocenters. The Bertz CT molecular complexity index is 1210. The van der Waals surface area contributed by atoms with Gasteiger partial charge in [-0.05, 0) is 45.9 Å². The van der Waals surface area contributed by atoms with Crippen molar-refractivity contribution >= 4 is 20.3 Å². The molecule has 13 heteroatoms. The minimum absolute atomic E-state index is 0.137. The maximum Gasteiger partial charge on any atom is 0.351 e. The van der Waals surface area contributed by atoms with Crippen LogP contribution < -0.4 is 11.0 Å². The summed E-state index contributed by atoms with van der Waals surface area (Å²) < 4.78 is 33.6. The third kappa shape index (κ3) is 9.12. The van der Waals surface area contributed by atoms with Crippen LogP contribution in [0.4, 0.5) is 5.82 Å². The first-order valence-corrected chi connectivity index (χ1v) is 15.2. The van der Waals surface area contributed by atoms with Crippen molar-refractivity contribution in [1.82, 2.24) is 14.2 Å². The van der Waals surface area contributed by atoms with E-state index in [1.54, 1.807) is 43.6 Å². The molecule has 1 amide bonds. The van der Waals surface area contributed by atoms with E-state index in [9.17, 15) is 9.59 Å². The van der Waals surface area contributed by atoms with Gasteiger partial charge >= 0.3 is 5.69 Å². The molecule has 1 aliphatic heterocycles. The van der Waals surface area contributed by atoms with E-state index in [4.69, 9.17) is 29.8 Å². The predicted molar refractivity (Wildman–Crippen MR) is 160 cm³/mol. The molecule has 0 saturated carbocycles. The number of hydrogen-bond acceptors (Lipinski definition) is 9. The molecule has 0 radical (unpaired) electrons. The number of anilines is 1. The lowest BCUT2D eigenvalue weighted by Crippen LogP contribution is -2.35. The van der Waals surface area contributed by atoms with E-state index in [2.05, 4.69) is 47.5 Å². The lowest BCUT2D eigenvalue weighted by Gasteiger charge is -2.36. The van der Waals surface area contributed by atoms with Crippen molar-refractivity contribution in [2.75, 3.05) is 45.4 Å². The van der Waals surface area contributed by atoms with Gasteiger partial charge in [-0.3, -0.25) is 9.36 Å². The van der Waals surface area contributed by atoms with Gasteiger partial charge in [0.15, 0.2) is 6.23 Å². The second-order valence-electron chi connectivity index (χ2n) is 10.4. The largest absolute Gasteiger partial charge is 0.382 e. The first-order chi connectivity index (χ1) is 20.2. The summed E-state index contributed by atoms with van der Waals surface area (Å²) in [7, 11) is 0.135. The number of amides is 1. The van der Waals surface area contributed by atoms with E-state index in [0.717, 1.165) is 0 Å². The van der Waals surface area contributed by atoms with E-state index in [0.29, 0.717) is 18.8 Å². The molecule has 3 rings (SSSR count). The van der Waals surface area contributed by atoms with Gasteiger partial charge in [-0.2, -0.15) is 4.98 Å². The highest BCUT2D eigenvalue weighted by Crippen LogP contribution is 2.47. The normalized spacial score (nSPS) is 21.1. The van der Waals surface area contributed by atoms with Gasteiger partial charge in [-0.25, -0.2) is 16.0 Å². The van der Waals surface area contributed by atoms with E-state index in [-0.39, 0.29) is 49.5 Å². The number of hydrogen-bond donors (Lipinski definition) is 1. The van der Waals surface area contributed by atoms with Crippen LogP contribution in [0.5, 0.6) is 0 Å². The smallest absolute Gasteiger partial charge is 0.351 e. The van der Waals surface area contributed by atoms with Crippen LogP contribution in [0, 0.1) is 12.5 Å². The van der Waals surface area contributed by atoms with Crippen LogP contribution in [0.1, 0.15) is 51.2 Å². The van der Waals surface area contributed by atoms with Crippen molar-refractivity contribution in [3.8, 4) is 0 Å². The summed E-state index contributed by atoms with van der Waals surface area (Å²) in [6.45, 7) is 18.8. The van der Waals surface area contributed by atoms with Gasteiger partial charge < -0.3 is 33.4 Å². The topological polar surface area (TPSA) is 118 Å². The first kappa shape index (κ1) is 33.7. The first-order valence-electron chi connectivity index (χ1n) is 14.1. The van der Waals surface area contributed by atoms with Crippen LogP contribution >= 0.6 is 8.53 Å². The Balaban J connectivity index is 1.78. The summed E-state index contributed by atoms with van der Waals surface area (Å²) in [5, 5.41) is 2.66. The molecule has 2 aromatic rings. The maximum absolute atomic E-state index is 13.1. The number of carbonyl (C=O) groups is 1. The van der Waals surface area contributed by atoms with Gasteiger partial charge in [0.2, 0.25) is 6.54 Å². The highest BCUT2D eigenvalue weighted by Gasteiger charge is 2.45. The number of benzene rings is 1. The summed E-state index contributed by atoms with van der Waals surface area (Å²) >= 11 is 0. The highest BCUT2D eigenvalue weighted by molar-refractivity contribution is 7.44. The molecule has 2 heterocycles. The second kappa shape index (κ2) is 16.8. The van der Waals surface area contributed by atoms with Gasteiger partial charge in [0, 0.05) is 36.9 Å². The molecule has 0 bridgehead atoms. The third-order valence-corrected chi connectivity index (χ3v) is 8.75. The predicted octanol–water partition coefficient (Wildman–Crippen LogP) is 4.36. The molecule has 230 valence electrons. The van der Waals surface area contributed by atoms with Gasteiger partial charge in [0.25, 0.3) is 14.4 Å². The van der Waals surface area contributed by atoms with Crippen molar-refractivity contribution in [3.05, 3.63) is 70.1 Å². The number of nitrogens with zero attached hydrogens (tertiary/aromatic N) is 4. The van der Waals surface area contributed by atoms with E-state index in [1.807, 2.05) is 13.0 Å². The molecule has 1 aromatic heterocycles. The molecule has 0 spiro atoms. The van der Waals surface area contributed by atoms with E-state index in [1.165, 1.54) is 4.57 Å². The van der Waals surface area contributed by atoms with Crippen LogP contribution in [-0.2, 0) is 23.3 Å². The molecule has 1 aromatic carbocycles. The Morgan fingerprint density at radius 2 is 1.86 bits per heavy atom. The third-order valence-electron chi connectivity index (χ3n) is 6.68. The number of aromatic nitrogens is 2. The van der Waals surface area contributed by atoms with Crippen LogP contribution in [-0.4, -0.2) is 84.5 Å². The molecule has 1 aliphatic rings. The average Bonchev–Trinajstić information content (AvgIpc) is 3.26. The molecule has 12 nitrogen and oxygen atoms in total. The highest BCUT2D eigenvalue weighted by atomic mass is 31.2. The van der Waals surface area contributed by atoms with Gasteiger partial charge in [-0.15, -0.1) is 0 Å². The standard InChI is InChI=1S/C29H42N5O7P/c1-20(2)34(21(3)4)42(39-16-14-30-6)40-19-24-22(5)26(38-18-17-37-7)28(41-24)33-15-13-25(32-29(33)36)31-27(35)23-11-9-8-10-12-23/h8-13,15,20-22,24,26,28H,14,16-19H2,1-5,7H3,(H,31,32,35,36)/t22-,24-,26-,28-,42?/m1/s1. The monoisotopic (exact) mass is 603 g/mol. The van der Waals surface area contributed by atoms with E-state index < -0.39 is 32.7 Å². The van der Waals surface area contributed by atoms with Crippen LogP contribution in [0.25, 0.3) is 4.85 Å². The molecule has 1 fully saturated rings. The number of methoxy groups -OCH3 is 1. The molecule has 1 saturated heterocycles. The summed E-state index contributed by atoms with van der Waals surface area (Å²) in [4.78, 5) is 33.2. The minimum Gasteiger partial charge on any atom is -0.382 e. The van der Waals surface area contributed by atoms with E-state index >= 15 is 0 Å². The van der Waals surface area contributed by atoms with Crippen LogP contribution in [0.3, 0.4) is 0 Å². The minimum atomic E-state index is -1.46. The Morgan fingerprint density at radius 3 is 2.48 bits per heavy atom. The molecule has 1 N–H and O–H groups in total. The van der Waals surface area contributed by atoms with Crippen molar-refractivity contribution in [3.63, 3.8) is 0 Å².